The summed E-state index contributed by atoms with van der Waals surface area (Å²) >= 11 is 0. The highest BCUT2D eigenvalue weighted by molar-refractivity contribution is 7.92. The number of rotatable bonds is 10. The number of benzene rings is 2. The van der Waals surface area contributed by atoms with E-state index < -0.39 is 27.5 Å². The molecule has 5 atom stereocenters. The summed E-state index contributed by atoms with van der Waals surface area (Å²) in [6, 6.07) is 19.6. The molecule has 32 heavy (non-hydrogen) atoms. The molecule has 0 saturated carbocycles. The molecule has 6 heteroatoms. The summed E-state index contributed by atoms with van der Waals surface area (Å²) in [5.41, 5.74) is 1.46. The van der Waals surface area contributed by atoms with Gasteiger partial charge >= 0.3 is 0 Å². The summed E-state index contributed by atoms with van der Waals surface area (Å²) in [7, 11) is -3.65. The van der Waals surface area contributed by atoms with Crippen molar-refractivity contribution in [3.8, 4) is 0 Å². The maximum Gasteiger partial charge on any atom is 0.187 e. The van der Waals surface area contributed by atoms with Gasteiger partial charge in [0, 0.05) is 5.92 Å². The Morgan fingerprint density at radius 1 is 0.938 bits per heavy atom. The SMILES string of the molecule is C=C(C)CS(=O)(=O)C1OC(CC)C(C)C(OCc2ccccc2)C1OCc1ccccc1. The van der Waals surface area contributed by atoms with Crippen LogP contribution in [0.2, 0.25) is 0 Å². The minimum Gasteiger partial charge on any atom is -0.370 e. The second kappa shape index (κ2) is 11.2. The third kappa shape index (κ3) is 6.29. The summed E-state index contributed by atoms with van der Waals surface area (Å²) < 4.78 is 45.3. The molecule has 0 amide bonds. The maximum absolute atomic E-state index is 13.3. The number of sulfone groups is 1. The Kier molecular flexibility index (Phi) is 8.65. The zero-order chi connectivity index (χ0) is 23.1. The summed E-state index contributed by atoms with van der Waals surface area (Å²) in [6.45, 7) is 10.2. The number of hydrogen-bond acceptors (Lipinski definition) is 5. The summed E-state index contributed by atoms with van der Waals surface area (Å²) in [5.74, 6) is -0.167. The first-order valence-corrected chi connectivity index (χ1v) is 12.9. The van der Waals surface area contributed by atoms with Crippen molar-refractivity contribution in [1.82, 2.24) is 0 Å². The quantitative estimate of drug-likeness (QED) is 0.473. The average Bonchev–Trinajstić information content (AvgIpc) is 2.77. The zero-order valence-corrected chi connectivity index (χ0v) is 20.0. The normalized spacial score (nSPS) is 26.0. The first-order chi connectivity index (χ1) is 15.3. The molecule has 1 fully saturated rings. The zero-order valence-electron chi connectivity index (χ0n) is 19.1. The fraction of sp³-hybridized carbons (Fsp3) is 0.462. The fourth-order valence-electron chi connectivity index (χ4n) is 4.18. The van der Waals surface area contributed by atoms with Crippen LogP contribution in [-0.4, -0.2) is 37.9 Å². The summed E-state index contributed by atoms with van der Waals surface area (Å²) in [5, 5.41) is 0. The lowest BCUT2D eigenvalue weighted by molar-refractivity contribution is -0.210. The van der Waals surface area contributed by atoms with Crippen LogP contribution in [0.3, 0.4) is 0 Å². The van der Waals surface area contributed by atoms with Gasteiger partial charge in [0.05, 0.1) is 31.2 Å². The second-order valence-corrected chi connectivity index (χ2v) is 10.7. The molecule has 174 valence electrons. The summed E-state index contributed by atoms with van der Waals surface area (Å²) in [6.07, 6.45) is -0.725. The van der Waals surface area contributed by atoms with E-state index in [-0.39, 0.29) is 24.4 Å². The third-order valence-corrected chi connectivity index (χ3v) is 7.76. The first-order valence-electron chi connectivity index (χ1n) is 11.1. The Hall–Kier alpha value is -1.99. The maximum atomic E-state index is 13.3. The van der Waals surface area contributed by atoms with Crippen LogP contribution in [0.4, 0.5) is 0 Å². The molecule has 2 aromatic rings. The number of hydrogen-bond donors (Lipinski definition) is 0. The van der Waals surface area contributed by atoms with Crippen molar-refractivity contribution >= 4 is 9.84 Å². The molecule has 5 unspecified atom stereocenters. The van der Waals surface area contributed by atoms with Gasteiger partial charge in [-0.15, -0.1) is 0 Å². The Morgan fingerprint density at radius 3 is 1.91 bits per heavy atom. The van der Waals surface area contributed by atoms with Crippen molar-refractivity contribution in [2.75, 3.05) is 5.75 Å². The van der Waals surface area contributed by atoms with E-state index in [4.69, 9.17) is 14.2 Å². The van der Waals surface area contributed by atoms with E-state index in [0.717, 1.165) is 11.1 Å². The van der Waals surface area contributed by atoms with Crippen molar-refractivity contribution in [3.63, 3.8) is 0 Å². The molecule has 1 aliphatic heterocycles. The lowest BCUT2D eigenvalue weighted by Crippen LogP contribution is -2.58. The highest BCUT2D eigenvalue weighted by atomic mass is 32.2. The molecule has 0 aromatic heterocycles. The first kappa shape index (κ1) is 24.6. The molecule has 1 saturated heterocycles. The minimum atomic E-state index is -3.65. The monoisotopic (exact) mass is 458 g/mol. The van der Waals surface area contributed by atoms with Gasteiger partial charge in [-0.25, -0.2) is 8.42 Å². The van der Waals surface area contributed by atoms with Gasteiger partial charge in [-0.3, -0.25) is 0 Å². The predicted molar refractivity (Wildman–Crippen MR) is 127 cm³/mol. The van der Waals surface area contributed by atoms with Crippen LogP contribution in [0.25, 0.3) is 0 Å². The predicted octanol–water partition coefficient (Wildman–Crippen LogP) is 4.92. The molecule has 0 aliphatic carbocycles. The van der Waals surface area contributed by atoms with Gasteiger partial charge in [-0.1, -0.05) is 86.7 Å². The van der Waals surface area contributed by atoms with Crippen LogP contribution < -0.4 is 0 Å². The number of ether oxygens (including phenoxy) is 3. The Morgan fingerprint density at radius 2 is 1.44 bits per heavy atom. The highest BCUT2D eigenvalue weighted by Gasteiger charge is 2.49. The van der Waals surface area contributed by atoms with E-state index >= 15 is 0 Å². The minimum absolute atomic E-state index is 0.0271. The van der Waals surface area contributed by atoms with E-state index in [9.17, 15) is 8.42 Å². The molecule has 1 aliphatic rings. The third-order valence-electron chi connectivity index (χ3n) is 5.78. The van der Waals surface area contributed by atoms with E-state index in [1.54, 1.807) is 6.92 Å². The van der Waals surface area contributed by atoms with Crippen LogP contribution in [0.5, 0.6) is 0 Å². The van der Waals surface area contributed by atoms with Crippen LogP contribution in [0.15, 0.2) is 72.8 Å². The topological polar surface area (TPSA) is 61.8 Å². The molecule has 2 aromatic carbocycles. The average molecular weight is 459 g/mol. The summed E-state index contributed by atoms with van der Waals surface area (Å²) in [4.78, 5) is 0. The van der Waals surface area contributed by atoms with Crippen LogP contribution in [0, 0.1) is 5.92 Å². The van der Waals surface area contributed by atoms with E-state index in [2.05, 4.69) is 6.58 Å². The van der Waals surface area contributed by atoms with Crippen molar-refractivity contribution in [1.29, 1.82) is 0 Å². The van der Waals surface area contributed by atoms with Gasteiger partial charge in [-0.2, -0.15) is 0 Å². The van der Waals surface area contributed by atoms with Crippen molar-refractivity contribution < 1.29 is 22.6 Å². The largest absolute Gasteiger partial charge is 0.370 e. The van der Waals surface area contributed by atoms with E-state index in [1.807, 2.05) is 74.5 Å². The smallest absolute Gasteiger partial charge is 0.187 e. The van der Waals surface area contributed by atoms with Crippen LogP contribution in [-0.2, 0) is 37.3 Å². The molecular formula is C26H34O5S. The Balaban J connectivity index is 1.90. The van der Waals surface area contributed by atoms with Gasteiger partial charge in [0.2, 0.25) is 0 Å². The van der Waals surface area contributed by atoms with Crippen molar-refractivity contribution in [2.45, 2.75) is 64.2 Å². The molecule has 0 N–H and O–H groups in total. The molecular weight excluding hydrogens is 424 g/mol. The molecule has 3 rings (SSSR count). The standard InChI is InChI=1S/C26H34O5S/c1-5-23-20(4)24(29-16-21-12-8-6-9-13-21)25(30-17-22-14-10-7-11-15-22)26(31-23)32(27,28)18-19(2)3/h6-15,20,23-26H,2,5,16-18H2,1,3-4H3. The van der Waals surface area contributed by atoms with Gasteiger partial charge in [-0.05, 0) is 24.5 Å². The van der Waals surface area contributed by atoms with Gasteiger partial charge in [0.25, 0.3) is 0 Å². The van der Waals surface area contributed by atoms with Crippen LogP contribution >= 0.6 is 0 Å². The molecule has 1 heterocycles. The molecule has 0 bridgehead atoms. The van der Waals surface area contributed by atoms with Gasteiger partial charge in [0.1, 0.15) is 6.10 Å². The van der Waals surface area contributed by atoms with E-state index in [1.165, 1.54) is 0 Å². The van der Waals surface area contributed by atoms with Crippen LogP contribution in [0.1, 0.15) is 38.3 Å². The Labute approximate surface area is 192 Å². The van der Waals surface area contributed by atoms with Gasteiger partial charge < -0.3 is 14.2 Å². The van der Waals surface area contributed by atoms with Crippen molar-refractivity contribution in [3.05, 3.63) is 83.9 Å². The Bertz CT molecular complexity index is 958. The lowest BCUT2D eigenvalue weighted by Gasteiger charge is -2.45. The van der Waals surface area contributed by atoms with Crippen molar-refractivity contribution in [2.24, 2.45) is 5.92 Å². The molecule has 0 spiro atoms. The highest BCUT2D eigenvalue weighted by Crippen LogP contribution is 2.35. The molecule has 0 radical (unpaired) electrons. The lowest BCUT2D eigenvalue weighted by atomic mass is 9.89. The second-order valence-electron chi connectivity index (χ2n) is 8.60. The fourth-order valence-corrected chi connectivity index (χ4v) is 5.98. The van der Waals surface area contributed by atoms with E-state index in [0.29, 0.717) is 18.6 Å². The van der Waals surface area contributed by atoms with Gasteiger partial charge in [0.15, 0.2) is 15.3 Å². The molecule has 5 nitrogen and oxygen atoms in total.